The van der Waals surface area contributed by atoms with Crippen LogP contribution in [0.2, 0.25) is 0 Å². The van der Waals surface area contributed by atoms with Crippen molar-refractivity contribution in [3.05, 3.63) is 29.3 Å². The molecule has 0 amide bonds. The molecule has 3 nitrogen and oxygen atoms in total. The maximum absolute atomic E-state index is 13.1. The number of benzene rings is 1. The van der Waals surface area contributed by atoms with E-state index in [0.717, 1.165) is 38.3 Å². The fourth-order valence-corrected chi connectivity index (χ4v) is 2.96. The number of rotatable bonds is 3. The lowest BCUT2D eigenvalue weighted by Gasteiger charge is -2.35. The first kappa shape index (κ1) is 18.1. The molecule has 3 rings (SSSR count). The van der Waals surface area contributed by atoms with Crippen molar-refractivity contribution in [2.75, 3.05) is 31.9 Å². The van der Waals surface area contributed by atoms with Crippen LogP contribution in [0.4, 0.5) is 18.9 Å². The number of piperazine rings is 1. The Morgan fingerprint density at radius 3 is 2.22 bits per heavy atom. The van der Waals surface area contributed by atoms with Crippen LogP contribution in [0.25, 0.3) is 0 Å². The van der Waals surface area contributed by atoms with E-state index in [1.54, 1.807) is 6.07 Å². The summed E-state index contributed by atoms with van der Waals surface area (Å²) >= 11 is 0. The fraction of sp³-hybridized carbons (Fsp3) is 0.647. The minimum atomic E-state index is -4.35. The highest BCUT2D eigenvalue weighted by Gasteiger charge is 2.35. The molecule has 130 valence electrons. The molecule has 0 radical (unpaired) electrons. The minimum absolute atomic E-state index is 0.157. The van der Waals surface area contributed by atoms with E-state index in [-0.39, 0.29) is 5.69 Å². The van der Waals surface area contributed by atoms with E-state index < -0.39 is 11.7 Å². The molecule has 1 saturated heterocycles. The largest absolute Gasteiger partial charge is 0.416 e. The second kappa shape index (κ2) is 7.53. The highest BCUT2D eigenvalue weighted by molar-refractivity contribution is 5.46. The van der Waals surface area contributed by atoms with Crippen molar-refractivity contribution in [2.24, 2.45) is 0 Å². The number of alkyl halides is 3. The molecule has 1 heterocycles. The summed E-state index contributed by atoms with van der Waals surface area (Å²) in [5.74, 6) is 0. The van der Waals surface area contributed by atoms with Crippen LogP contribution in [0, 0.1) is 0 Å². The predicted molar refractivity (Wildman–Crippen MR) is 87.1 cm³/mol. The number of halogens is 3. The van der Waals surface area contributed by atoms with E-state index in [1.165, 1.54) is 18.9 Å². The first-order chi connectivity index (χ1) is 10.9. The minimum Gasteiger partial charge on any atom is -0.399 e. The first-order valence-corrected chi connectivity index (χ1v) is 8.35. The third-order valence-electron chi connectivity index (χ3n) is 4.30. The number of hydrogen-bond acceptors (Lipinski definition) is 3. The third kappa shape index (κ3) is 4.85. The number of nitrogen functional groups attached to an aromatic ring is 1. The fourth-order valence-electron chi connectivity index (χ4n) is 2.96. The summed E-state index contributed by atoms with van der Waals surface area (Å²) in [6, 6.07) is 4.82. The predicted octanol–water partition coefficient (Wildman–Crippen LogP) is 3.59. The maximum Gasteiger partial charge on any atom is 0.416 e. The van der Waals surface area contributed by atoms with Crippen LogP contribution in [0.15, 0.2) is 18.2 Å². The molecule has 1 aromatic carbocycles. The summed E-state index contributed by atoms with van der Waals surface area (Å²) in [5, 5.41) is 0. The Hall–Kier alpha value is -1.27. The van der Waals surface area contributed by atoms with Gasteiger partial charge in [0.25, 0.3) is 0 Å². The van der Waals surface area contributed by atoms with Crippen molar-refractivity contribution >= 4 is 5.69 Å². The summed E-state index contributed by atoms with van der Waals surface area (Å²) in [7, 11) is 0. The Kier molecular flexibility index (Phi) is 5.92. The molecule has 6 heteroatoms. The topological polar surface area (TPSA) is 32.5 Å². The van der Waals surface area contributed by atoms with E-state index in [2.05, 4.69) is 9.80 Å². The monoisotopic (exact) mass is 329 g/mol. The molecule has 0 spiro atoms. The van der Waals surface area contributed by atoms with Gasteiger partial charge in [0.15, 0.2) is 0 Å². The zero-order valence-electron chi connectivity index (χ0n) is 13.9. The molecule has 1 aliphatic carbocycles. The highest BCUT2D eigenvalue weighted by Crippen LogP contribution is 2.34. The van der Waals surface area contributed by atoms with Crippen LogP contribution < -0.4 is 5.73 Å². The number of nitrogens with two attached hydrogens (primary N) is 1. The lowest BCUT2D eigenvalue weighted by atomic mass is 10.1. The van der Waals surface area contributed by atoms with Gasteiger partial charge < -0.3 is 5.73 Å². The molecule has 0 unspecified atom stereocenters. The molecule has 1 aliphatic heterocycles. The van der Waals surface area contributed by atoms with Crippen molar-refractivity contribution in [3.8, 4) is 0 Å². The Morgan fingerprint density at radius 1 is 1.09 bits per heavy atom. The van der Waals surface area contributed by atoms with Crippen molar-refractivity contribution < 1.29 is 13.2 Å². The van der Waals surface area contributed by atoms with Crippen molar-refractivity contribution in [2.45, 2.75) is 45.5 Å². The summed E-state index contributed by atoms with van der Waals surface area (Å²) in [5.41, 5.74) is 5.36. The molecular weight excluding hydrogens is 303 g/mol. The molecule has 23 heavy (non-hydrogen) atoms. The third-order valence-corrected chi connectivity index (χ3v) is 4.30. The van der Waals surface area contributed by atoms with E-state index in [1.807, 2.05) is 13.8 Å². The van der Waals surface area contributed by atoms with Crippen molar-refractivity contribution in [3.63, 3.8) is 0 Å². The molecule has 2 aliphatic rings. The van der Waals surface area contributed by atoms with Crippen LogP contribution in [0.5, 0.6) is 0 Å². The van der Waals surface area contributed by atoms with Crippen molar-refractivity contribution in [1.29, 1.82) is 0 Å². The summed E-state index contributed by atoms with van der Waals surface area (Å²) in [6.07, 6.45) is -1.80. The number of hydrogen-bond donors (Lipinski definition) is 1. The van der Waals surface area contributed by atoms with Gasteiger partial charge in [-0.05, 0) is 30.5 Å². The van der Waals surface area contributed by atoms with Gasteiger partial charge in [-0.2, -0.15) is 13.2 Å². The Bertz CT molecular complexity index is 504. The van der Waals surface area contributed by atoms with Crippen LogP contribution >= 0.6 is 0 Å². The highest BCUT2D eigenvalue weighted by atomic mass is 19.4. The lowest BCUT2D eigenvalue weighted by molar-refractivity contribution is -0.138. The van der Waals surface area contributed by atoms with Crippen LogP contribution in [0.1, 0.15) is 37.8 Å². The van der Waals surface area contributed by atoms with Crippen LogP contribution in [-0.4, -0.2) is 42.0 Å². The van der Waals surface area contributed by atoms with Crippen LogP contribution in [0.3, 0.4) is 0 Å². The van der Waals surface area contributed by atoms with E-state index in [4.69, 9.17) is 5.73 Å². The molecule has 2 fully saturated rings. The van der Waals surface area contributed by atoms with Gasteiger partial charge in [0, 0.05) is 44.5 Å². The average Bonchev–Trinajstić information content (AvgIpc) is 3.36. The van der Waals surface area contributed by atoms with Gasteiger partial charge in [-0.1, -0.05) is 19.9 Å². The first-order valence-electron chi connectivity index (χ1n) is 8.35. The van der Waals surface area contributed by atoms with E-state index in [0.29, 0.717) is 12.1 Å². The Balaban J connectivity index is 0.000000924. The molecule has 0 aromatic heterocycles. The zero-order chi connectivity index (χ0) is 17.0. The van der Waals surface area contributed by atoms with Gasteiger partial charge in [-0.15, -0.1) is 0 Å². The molecule has 1 aromatic rings. The quantitative estimate of drug-likeness (QED) is 0.860. The summed E-state index contributed by atoms with van der Waals surface area (Å²) in [6.45, 7) is 7.92. The summed E-state index contributed by atoms with van der Waals surface area (Å²) in [4.78, 5) is 4.55. The number of nitrogens with zero attached hydrogens (tertiary/aromatic N) is 2. The van der Waals surface area contributed by atoms with Gasteiger partial charge >= 0.3 is 6.18 Å². The van der Waals surface area contributed by atoms with Crippen LogP contribution in [-0.2, 0) is 12.7 Å². The standard InChI is InChI=1S/C15H20F3N3.C2H6/c16-15(17,18)14-9-12(19)2-1-11(14)10-20-5-7-21(8-6-20)13-3-4-13;1-2/h1-2,9,13H,3-8,10,19H2;1-2H3. The molecule has 0 bridgehead atoms. The average molecular weight is 329 g/mol. The lowest BCUT2D eigenvalue weighted by Crippen LogP contribution is -2.46. The molecular formula is C17H26F3N3. The molecule has 2 N–H and O–H groups in total. The Morgan fingerprint density at radius 2 is 1.70 bits per heavy atom. The molecule has 1 saturated carbocycles. The van der Waals surface area contributed by atoms with E-state index >= 15 is 0 Å². The van der Waals surface area contributed by atoms with Gasteiger partial charge in [0.05, 0.1) is 5.56 Å². The Labute approximate surface area is 136 Å². The number of anilines is 1. The SMILES string of the molecule is CC.Nc1ccc(CN2CCN(C3CC3)CC2)c(C(F)(F)F)c1. The molecule has 0 atom stereocenters. The van der Waals surface area contributed by atoms with Gasteiger partial charge in [-0.3, -0.25) is 9.80 Å². The second-order valence-electron chi connectivity index (χ2n) is 5.96. The van der Waals surface area contributed by atoms with Gasteiger partial charge in [0.2, 0.25) is 0 Å². The maximum atomic E-state index is 13.1. The van der Waals surface area contributed by atoms with Gasteiger partial charge in [0.1, 0.15) is 0 Å². The smallest absolute Gasteiger partial charge is 0.399 e. The van der Waals surface area contributed by atoms with Gasteiger partial charge in [-0.25, -0.2) is 0 Å². The second-order valence-corrected chi connectivity index (χ2v) is 5.96. The zero-order valence-corrected chi connectivity index (χ0v) is 13.9. The summed E-state index contributed by atoms with van der Waals surface area (Å²) < 4.78 is 39.2. The normalized spacial score (nSPS) is 20.0. The van der Waals surface area contributed by atoms with Crippen molar-refractivity contribution in [1.82, 2.24) is 9.80 Å². The van der Waals surface area contributed by atoms with E-state index in [9.17, 15) is 13.2 Å².